The molecule has 1 heterocycles. The van der Waals surface area contributed by atoms with Crippen LogP contribution in [0.15, 0.2) is 47.8 Å². The van der Waals surface area contributed by atoms with E-state index in [0.717, 1.165) is 22.4 Å². The molecule has 0 aliphatic heterocycles. The lowest BCUT2D eigenvalue weighted by Gasteiger charge is -2.07. The summed E-state index contributed by atoms with van der Waals surface area (Å²) in [6, 6.07) is 11.0. The number of carbonyl (C=O) groups excluding carboxylic acids is 1. The number of amides is 1. The molecule has 3 aromatic rings. The Labute approximate surface area is 166 Å². The topological polar surface area (TPSA) is 51.2 Å². The zero-order chi connectivity index (χ0) is 19.9. The normalized spacial score (nSPS) is 10.7. The number of aromatic nitrogens is 1. The first-order chi connectivity index (χ1) is 13.5. The highest BCUT2D eigenvalue weighted by atomic mass is 32.1. The van der Waals surface area contributed by atoms with Crippen LogP contribution in [0, 0.1) is 11.6 Å². The summed E-state index contributed by atoms with van der Waals surface area (Å²) in [5, 5.41) is 5.40. The Morgan fingerprint density at radius 2 is 1.93 bits per heavy atom. The fourth-order valence-corrected chi connectivity index (χ4v) is 3.61. The number of nitrogens with zero attached hydrogens (tertiary/aromatic N) is 1. The molecule has 0 spiro atoms. The van der Waals surface area contributed by atoms with Crippen LogP contribution in [0.5, 0.6) is 5.75 Å². The Balaban J connectivity index is 1.55. The van der Waals surface area contributed by atoms with Crippen molar-refractivity contribution < 1.29 is 18.3 Å². The van der Waals surface area contributed by atoms with Crippen molar-refractivity contribution in [2.75, 3.05) is 13.2 Å². The number of nitrogens with one attached hydrogen (secondary N) is 1. The third-order valence-electron chi connectivity index (χ3n) is 3.97. The lowest BCUT2D eigenvalue weighted by molar-refractivity contribution is -0.120. The fraction of sp³-hybridized carbons (Fsp3) is 0.238. The van der Waals surface area contributed by atoms with Gasteiger partial charge in [-0.15, -0.1) is 11.3 Å². The lowest BCUT2D eigenvalue weighted by atomic mass is 10.1. The van der Waals surface area contributed by atoms with Gasteiger partial charge in [0.05, 0.1) is 24.3 Å². The van der Waals surface area contributed by atoms with Gasteiger partial charge < -0.3 is 10.1 Å². The second kappa shape index (κ2) is 9.41. The quantitative estimate of drug-likeness (QED) is 0.608. The molecule has 0 aliphatic carbocycles. The molecule has 0 atom stereocenters. The number of benzene rings is 2. The van der Waals surface area contributed by atoms with Gasteiger partial charge in [-0.2, -0.15) is 0 Å². The molecule has 0 radical (unpaired) electrons. The minimum Gasteiger partial charge on any atom is -0.493 e. The maximum absolute atomic E-state index is 13.2. The molecule has 0 bridgehead atoms. The number of halogens is 2. The summed E-state index contributed by atoms with van der Waals surface area (Å²) >= 11 is 1.45. The SMILES string of the molecule is CCOc1ccccc1-c1nc(CC(=O)NCCc2cc(F)cc(F)c2)cs1. The Hall–Kier alpha value is -2.80. The highest BCUT2D eigenvalue weighted by molar-refractivity contribution is 7.13. The molecule has 0 fully saturated rings. The van der Waals surface area contributed by atoms with Gasteiger partial charge in [-0.1, -0.05) is 12.1 Å². The molecule has 0 saturated carbocycles. The molecule has 4 nitrogen and oxygen atoms in total. The van der Waals surface area contributed by atoms with Gasteiger partial charge in [-0.25, -0.2) is 13.8 Å². The van der Waals surface area contributed by atoms with Crippen molar-refractivity contribution in [1.82, 2.24) is 10.3 Å². The van der Waals surface area contributed by atoms with E-state index >= 15 is 0 Å². The highest BCUT2D eigenvalue weighted by Crippen LogP contribution is 2.32. The molecule has 0 saturated heterocycles. The Kier molecular flexibility index (Phi) is 6.71. The smallest absolute Gasteiger partial charge is 0.226 e. The van der Waals surface area contributed by atoms with E-state index in [1.165, 1.54) is 23.5 Å². The van der Waals surface area contributed by atoms with Crippen LogP contribution in [0.1, 0.15) is 18.2 Å². The first-order valence-electron chi connectivity index (χ1n) is 8.93. The van der Waals surface area contributed by atoms with Crippen LogP contribution >= 0.6 is 11.3 Å². The average molecular weight is 402 g/mol. The summed E-state index contributed by atoms with van der Waals surface area (Å²) in [5.41, 5.74) is 2.07. The van der Waals surface area contributed by atoms with E-state index < -0.39 is 11.6 Å². The Bertz CT molecular complexity index is 939. The minimum absolute atomic E-state index is 0.144. The first-order valence-corrected chi connectivity index (χ1v) is 9.81. The standard InChI is InChI=1S/C21H20F2N2O2S/c1-2-27-19-6-4-3-5-18(19)21-25-17(13-28-21)12-20(26)24-8-7-14-9-15(22)11-16(23)10-14/h3-6,9-11,13H,2,7-8,12H2,1H3,(H,24,26). The predicted octanol–water partition coefficient (Wildman–Crippen LogP) is 4.39. The molecule has 7 heteroatoms. The second-order valence-electron chi connectivity index (χ2n) is 6.13. The van der Waals surface area contributed by atoms with Crippen LogP contribution in [0.2, 0.25) is 0 Å². The second-order valence-corrected chi connectivity index (χ2v) is 6.99. The first kappa shape index (κ1) is 19.9. The maximum atomic E-state index is 13.2. The molecule has 146 valence electrons. The molecule has 1 N–H and O–H groups in total. The van der Waals surface area contributed by atoms with Crippen LogP contribution in [0.25, 0.3) is 10.6 Å². The van der Waals surface area contributed by atoms with E-state index in [9.17, 15) is 13.6 Å². The van der Waals surface area contributed by atoms with Crippen molar-refractivity contribution in [1.29, 1.82) is 0 Å². The van der Waals surface area contributed by atoms with E-state index in [1.54, 1.807) is 0 Å². The van der Waals surface area contributed by atoms with Gasteiger partial charge in [0.15, 0.2) is 0 Å². The Morgan fingerprint density at radius 3 is 2.68 bits per heavy atom. The molecule has 0 aliphatic rings. The number of hydrogen-bond acceptors (Lipinski definition) is 4. The molecule has 28 heavy (non-hydrogen) atoms. The van der Waals surface area contributed by atoms with E-state index in [2.05, 4.69) is 10.3 Å². The number of hydrogen-bond donors (Lipinski definition) is 1. The average Bonchev–Trinajstić information content (AvgIpc) is 3.10. The van der Waals surface area contributed by atoms with Gasteiger partial charge in [0.25, 0.3) is 0 Å². The lowest BCUT2D eigenvalue weighted by Crippen LogP contribution is -2.27. The Morgan fingerprint density at radius 1 is 1.18 bits per heavy atom. The summed E-state index contributed by atoms with van der Waals surface area (Å²) in [7, 11) is 0. The third kappa shape index (κ3) is 5.36. The van der Waals surface area contributed by atoms with Crippen LogP contribution in [-0.2, 0) is 17.6 Å². The summed E-state index contributed by atoms with van der Waals surface area (Å²) in [6.45, 7) is 2.78. The minimum atomic E-state index is -0.622. The third-order valence-corrected chi connectivity index (χ3v) is 4.89. The zero-order valence-electron chi connectivity index (χ0n) is 15.4. The highest BCUT2D eigenvalue weighted by Gasteiger charge is 2.12. The van der Waals surface area contributed by atoms with Crippen molar-refractivity contribution in [3.63, 3.8) is 0 Å². The van der Waals surface area contributed by atoms with Gasteiger partial charge >= 0.3 is 0 Å². The summed E-state index contributed by atoms with van der Waals surface area (Å²) in [5.74, 6) is -0.670. The number of carbonyl (C=O) groups is 1. The summed E-state index contributed by atoms with van der Waals surface area (Å²) in [6.07, 6.45) is 0.495. The van der Waals surface area contributed by atoms with E-state index in [0.29, 0.717) is 30.8 Å². The molecular formula is C21H20F2N2O2S. The molecule has 1 amide bonds. The monoisotopic (exact) mass is 402 g/mol. The molecule has 1 aromatic heterocycles. The van der Waals surface area contributed by atoms with Crippen LogP contribution in [0.3, 0.4) is 0 Å². The maximum Gasteiger partial charge on any atom is 0.226 e. The van der Waals surface area contributed by atoms with Gasteiger partial charge in [-0.05, 0) is 43.2 Å². The van der Waals surface area contributed by atoms with Gasteiger partial charge in [-0.3, -0.25) is 4.79 Å². The van der Waals surface area contributed by atoms with Gasteiger partial charge in [0, 0.05) is 18.0 Å². The number of ether oxygens (including phenoxy) is 1. The van der Waals surface area contributed by atoms with Gasteiger partial charge in [0.1, 0.15) is 22.4 Å². The van der Waals surface area contributed by atoms with Gasteiger partial charge in [0.2, 0.25) is 5.91 Å². The van der Waals surface area contributed by atoms with Crippen molar-refractivity contribution >= 4 is 17.2 Å². The van der Waals surface area contributed by atoms with Crippen molar-refractivity contribution in [3.8, 4) is 16.3 Å². The largest absolute Gasteiger partial charge is 0.493 e. The fourth-order valence-electron chi connectivity index (χ4n) is 2.77. The van der Waals surface area contributed by atoms with E-state index in [-0.39, 0.29) is 12.3 Å². The van der Waals surface area contributed by atoms with E-state index in [1.807, 2.05) is 36.6 Å². The molecule has 2 aromatic carbocycles. The van der Waals surface area contributed by atoms with Crippen LogP contribution in [-0.4, -0.2) is 24.0 Å². The van der Waals surface area contributed by atoms with Crippen molar-refractivity contribution in [2.24, 2.45) is 0 Å². The predicted molar refractivity (Wildman–Crippen MR) is 105 cm³/mol. The van der Waals surface area contributed by atoms with Crippen LogP contribution in [0.4, 0.5) is 8.78 Å². The number of rotatable bonds is 8. The number of para-hydroxylation sites is 1. The summed E-state index contributed by atoms with van der Waals surface area (Å²) in [4.78, 5) is 16.7. The van der Waals surface area contributed by atoms with Crippen molar-refractivity contribution in [3.05, 3.63) is 70.7 Å². The zero-order valence-corrected chi connectivity index (χ0v) is 16.2. The summed E-state index contributed by atoms with van der Waals surface area (Å²) < 4.78 is 32.0. The van der Waals surface area contributed by atoms with Crippen molar-refractivity contribution in [2.45, 2.75) is 19.8 Å². The van der Waals surface area contributed by atoms with Crippen LogP contribution < -0.4 is 10.1 Å². The van der Waals surface area contributed by atoms with E-state index in [4.69, 9.17) is 4.74 Å². The molecule has 3 rings (SSSR count). The number of thiazole rings is 1. The molecular weight excluding hydrogens is 382 g/mol. The molecule has 0 unspecified atom stereocenters.